The number of nitrogens with one attached hydrogen (secondary N) is 2. The minimum atomic E-state index is -0.0387. The highest BCUT2D eigenvalue weighted by Gasteiger charge is 2.03. The zero-order valence-corrected chi connectivity index (χ0v) is 8.80. The molecule has 0 radical (unpaired) electrons. The molecule has 0 aromatic carbocycles. The van der Waals surface area contributed by atoms with E-state index in [1.165, 1.54) is 0 Å². The van der Waals surface area contributed by atoms with Crippen molar-refractivity contribution in [1.82, 2.24) is 10.6 Å². The van der Waals surface area contributed by atoms with Crippen LogP contribution >= 0.6 is 0 Å². The summed E-state index contributed by atoms with van der Waals surface area (Å²) in [6.07, 6.45) is 5.02. The molecule has 0 aliphatic heterocycles. The van der Waals surface area contributed by atoms with Crippen molar-refractivity contribution in [2.24, 2.45) is 5.92 Å². The number of hydrogen-bond acceptors (Lipinski definition) is 3. The van der Waals surface area contributed by atoms with Crippen molar-refractivity contribution in [3.05, 3.63) is 0 Å². The molecule has 0 aromatic heterocycles. The second-order valence-corrected chi connectivity index (χ2v) is 3.17. The Labute approximate surface area is 85.4 Å². The quantitative estimate of drug-likeness (QED) is 0.432. The Morgan fingerprint density at radius 3 is 2.93 bits per heavy atom. The molecular weight excluding hydrogens is 180 g/mol. The third-order valence-corrected chi connectivity index (χ3v) is 1.61. The highest BCUT2D eigenvalue weighted by Crippen LogP contribution is 1.91. The summed E-state index contributed by atoms with van der Waals surface area (Å²) in [4.78, 5) is 11.1. The monoisotopic (exact) mass is 198 g/mol. The van der Waals surface area contributed by atoms with Crippen LogP contribution in [0.25, 0.3) is 0 Å². The second-order valence-electron chi connectivity index (χ2n) is 3.17. The van der Waals surface area contributed by atoms with E-state index >= 15 is 0 Å². The predicted molar refractivity (Wildman–Crippen MR) is 55.8 cm³/mol. The van der Waals surface area contributed by atoms with Crippen LogP contribution in [-0.4, -0.2) is 39.3 Å². The van der Waals surface area contributed by atoms with Gasteiger partial charge in [0.05, 0.1) is 19.7 Å². The van der Waals surface area contributed by atoms with Crippen LogP contribution in [0.15, 0.2) is 0 Å². The third-order valence-electron chi connectivity index (χ3n) is 1.61. The summed E-state index contributed by atoms with van der Waals surface area (Å²) in [5, 5.41) is 5.59. The van der Waals surface area contributed by atoms with E-state index in [-0.39, 0.29) is 12.5 Å². The van der Waals surface area contributed by atoms with Gasteiger partial charge in [-0.3, -0.25) is 10.1 Å². The summed E-state index contributed by atoms with van der Waals surface area (Å²) in [6, 6.07) is 0. The van der Waals surface area contributed by atoms with E-state index in [1.807, 2.05) is 6.92 Å². The summed E-state index contributed by atoms with van der Waals surface area (Å²) in [5.41, 5.74) is 0. The van der Waals surface area contributed by atoms with E-state index in [0.29, 0.717) is 25.6 Å². The first kappa shape index (κ1) is 12.9. The number of hydrogen-bond donors (Lipinski definition) is 2. The standard InChI is InChI=1S/C10H18N2O2/c1-4-5-11-7-10(13)12-6-9(2)8-14-3/h1,9,11H,5-8H2,2-3H3,(H,12,13). The van der Waals surface area contributed by atoms with Gasteiger partial charge in [-0.05, 0) is 5.92 Å². The van der Waals surface area contributed by atoms with Crippen LogP contribution in [0.3, 0.4) is 0 Å². The highest BCUT2D eigenvalue weighted by molar-refractivity contribution is 5.77. The summed E-state index contributed by atoms with van der Waals surface area (Å²) in [7, 11) is 1.65. The van der Waals surface area contributed by atoms with E-state index in [1.54, 1.807) is 7.11 Å². The number of rotatable bonds is 7. The van der Waals surface area contributed by atoms with Gasteiger partial charge in [0.1, 0.15) is 0 Å². The molecule has 0 saturated carbocycles. The van der Waals surface area contributed by atoms with Gasteiger partial charge in [0.25, 0.3) is 0 Å². The second kappa shape index (κ2) is 8.54. The SMILES string of the molecule is C#CCNCC(=O)NCC(C)COC. The van der Waals surface area contributed by atoms with Crippen LogP contribution in [0, 0.1) is 18.3 Å². The Morgan fingerprint density at radius 2 is 2.36 bits per heavy atom. The van der Waals surface area contributed by atoms with Crippen LogP contribution in [0.5, 0.6) is 0 Å². The number of methoxy groups -OCH3 is 1. The molecule has 0 rings (SSSR count). The maximum Gasteiger partial charge on any atom is 0.233 e. The number of amides is 1. The lowest BCUT2D eigenvalue weighted by Gasteiger charge is -2.11. The topological polar surface area (TPSA) is 50.4 Å². The Kier molecular flexibility index (Phi) is 7.90. The molecule has 4 heteroatoms. The van der Waals surface area contributed by atoms with E-state index in [2.05, 4.69) is 16.6 Å². The average molecular weight is 198 g/mol. The molecular formula is C10H18N2O2. The number of terminal acetylenes is 1. The van der Waals surface area contributed by atoms with Crippen LogP contribution in [0.2, 0.25) is 0 Å². The lowest BCUT2D eigenvalue weighted by atomic mass is 10.2. The van der Waals surface area contributed by atoms with E-state index in [4.69, 9.17) is 11.2 Å². The first-order valence-corrected chi connectivity index (χ1v) is 4.60. The fourth-order valence-electron chi connectivity index (χ4n) is 0.942. The Morgan fingerprint density at radius 1 is 1.64 bits per heavy atom. The van der Waals surface area contributed by atoms with Crippen molar-refractivity contribution < 1.29 is 9.53 Å². The molecule has 0 heterocycles. The molecule has 1 unspecified atom stereocenters. The Balaban J connectivity index is 3.39. The Hall–Kier alpha value is -1.05. The van der Waals surface area contributed by atoms with E-state index in [9.17, 15) is 4.79 Å². The van der Waals surface area contributed by atoms with E-state index in [0.717, 1.165) is 0 Å². The molecule has 0 aliphatic rings. The zero-order valence-electron chi connectivity index (χ0n) is 8.80. The van der Waals surface area contributed by atoms with Gasteiger partial charge in [0, 0.05) is 13.7 Å². The molecule has 0 bridgehead atoms. The van der Waals surface area contributed by atoms with Crippen molar-refractivity contribution in [1.29, 1.82) is 0 Å². The van der Waals surface area contributed by atoms with Gasteiger partial charge < -0.3 is 10.1 Å². The first-order valence-electron chi connectivity index (χ1n) is 4.60. The van der Waals surface area contributed by atoms with Crippen molar-refractivity contribution >= 4 is 5.91 Å². The Bertz CT molecular complexity index is 199. The number of ether oxygens (including phenoxy) is 1. The summed E-state index contributed by atoms with van der Waals surface area (Å²) in [6.45, 7) is 3.98. The molecule has 0 aromatic rings. The molecule has 1 atom stereocenters. The minimum absolute atomic E-state index is 0.0387. The fourth-order valence-corrected chi connectivity index (χ4v) is 0.942. The van der Waals surface area contributed by atoms with Gasteiger partial charge in [0.15, 0.2) is 0 Å². The lowest BCUT2D eigenvalue weighted by molar-refractivity contribution is -0.120. The summed E-state index contributed by atoms with van der Waals surface area (Å²) in [5.74, 6) is 2.69. The van der Waals surface area contributed by atoms with Gasteiger partial charge >= 0.3 is 0 Å². The average Bonchev–Trinajstić information content (AvgIpc) is 2.16. The van der Waals surface area contributed by atoms with Crippen LogP contribution in [0.4, 0.5) is 0 Å². The van der Waals surface area contributed by atoms with Gasteiger partial charge in [-0.25, -0.2) is 0 Å². The number of carbonyl (C=O) groups excluding carboxylic acids is 1. The minimum Gasteiger partial charge on any atom is -0.384 e. The van der Waals surface area contributed by atoms with Crippen LogP contribution < -0.4 is 10.6 Å². The van der Waals surface area contributed by atoms with Crippen molar-refractivity contribution in [3.63, 3.8) is 0 Å². The molecule has 0 spiro atoms. The molecule has 0 fully saturated rings. The van der Waals surface area contributed by atoms with Gasteiger partial charge in [-0.1, -0.05) is 12.8 Å². The van der Waals surface area contributed by atoms with Crippen molar-refractivity contribution in [3.8, 4) is 12.3 Å². The molecule has 0 saturated heterocycles. The lowest BCUT2D eigenvalue weighted by Crippen LogP contribution is -2.37. The zero-order chi connectivity index (χ0) is 10.8. The van der Waals surface area contributed by atoms with Crippen molar-refractivity contribution in [2.75, 3.05) is 33.4 Å². The summed E-state index contributed by atoms with van der Waals surface area (Å²) < 4.78 is 4.94. The normalized spacial score (nSPS) is 11.8. The molecule has 14 heavy (non-hydrogen) atoms. The molecule has 80 valence electrons. The van der Waals surface area contributed by atoms with Crippen LogP contribution in [0.1, 0.15) is 6.92 Å². The van der Waals surface area contributed by atoms with Crippen LogP contribution in [-0.2, 0) is 9.53 Å². The largest absolute Gasteiger partial charge is 0.384 e. The van der Waals surface area contributed by atoms with Gasteiger partial charge in [-0.2, -0.15) is 0 Å². The maximum atomic E-state index is 11.1. The third kappa shape index (κ3) is 7.59. The molecule has 1 amide bonds. The van der Waals surface area contributed by atoms with Crippen molar-refractivity contribution in [2.45, 2.75) is 6.92 Å². The van der Waals surface area contributed by atoms with Gasteiger partial charge in [-0.15, -0.1) is 6.42 Å². The highest BCUT2D eigenvalue weighted by atomic mass is 16.5. The fraction of sp³-hybridized carbons (Fsp3) is 0.700. The smallest absolute Gasteiger partial charge is 0.233 e. The molecule has 0 aliphatic carbocycles. The van der Waals surface area contributed by atoms with Gasteiger partial charge in [0.2, 0.25) is 5.91 Å². The predicted octanol–water partition coefficient (Wildman–Crippen LogP) is -0.392. The summed E-state index contributed by atoms with van der Waals surface area (Å²) >= 11 is 0. The van der Waals surface area contributed by atoms with E-state index < -0.39 is 0 Å². The first-order chi connectivity index (χ1) is 6.70. The maximum absolute atomic E-state index is 11.1. The molecule has 2 N–H and O–H groups in total. The number of carbonyl (C=O) groups is 1. The molecule has 4 nitrogen and oxygen atoms in total.